The smallest absolute Gasteiger partial charge is 0.416 e. The number of aromatic nitrogens is 2. The summed E-state index contributed by atoms with van der Waals surface area (Å²) in [5.41, 5.74) is -0.327. The summed E-state index contributed by atoms with van der Waals surface area (Å²) >= 11 is 0. The quantitative estimate of drug-likeness (QED) is 0.932. The summed E-state index contributed by atoms with van der Waals surface area (Å²) in [7, 11) is 0. The Morgan fingerprint density at radius 2 is 1.89 bits per heavy atom. The number of carboxylic acid groups (broad SMARTS) is 1. The van der Waals surface area contributed by atoms with Gasteiger partial charge in [-0.3, -0.25) is 4.79 Å². The molecule has 0 spiro atoms. The van der Waals surface area contributed by atoms with Crippen molar-refractivity contribution in [2.75, 3.05) is 0 Å². The summed E-state index contributed by atoms with van der Waals surface area (Å²) in [4.78, 5) is 14.6. The second-order valence-electron chi connectivity index (χ2n) is 3.85. The van der Waals surface area contributed by atoms with Gasteiger partial charge >= 0.3 is 12.1 Å². The number of imidazole rings is 1. The Kier molecular flexibility index (Phi) is 3.28. The lowest BCUT2D eigenvalue weighted by Gasteiger charge is -2.08. The zero-order valence-corrected chi connectivity index (χ0v) is 9.55. The number of carbonyl (C=O) groups is 1. The monoisotopic (exact) mass is 270 g/mol. The van der Waals surface area contributed by atoms with Crippen LogP contribution < -0.4 is 0 Å². The van der Waals surface area contributed by atoms with Crippen molar-refractivity contribution in [1.29, 1.82) is 0 Å². The first-order chi connectivity index (χ1) is 8.88. The standard InChI is InChI=1S/C12H9F3N2O2/c13-12(14,15)9-3-1-8(2-4-9)11-16-5-6-17(11)7-10(18)19/h1-6H,7H2,(H,18,19). The predicted molar refractivity (Wildman–Crippen MR) is 60.3 cm³/mol. The summed E-state index contributed by atoms with van der Waals surface area (Å²) in [6, 6.07) is 4.41. The molecule has 4 nitrogen and oxygen atoms in total. The molecule has 0 amide bonds. The Bertz CT molecular complexity index is 588. The van der Waals surface area contributed by atoms with Crippen LogP contribution in [0.25, 0.3) is 11.4 Å². The number of carboxylic acids is 1. The van der Waals surface area contributed by atoms with E-state index < -0.39 is 17.7 Å². The van der Waals surface area contributed by atoms with Crippen LogP contribution >= 0.6 is 0 Å². The minimum Gasteiger partial charge on any atom is -0.480 e. The number of hydrogen-bond acceptors (Lipinski definition) is 2. The fourth-order valence-corrected chi connectivity index (χ4v) is 1.65. The van der Waals surface area contributed by atoms with Gasteiger partial charge in [-0.15, -0.1) is 0 Å². The van der Waals surface area contributed by atoms with Crippen LogP contribution in [-0.2, 0) is 17.5 Å². The highest BCUT2D eigenvalue weighted by atomic mass is 19.4. The van der Waals surface area contributed by atoms with E-state index in [1.165, 1.54) is 29.1 Å². The molecule has 1 heterocycles. The second-order valence-corrected chi connectivity index (χ2v) is 3.85. The third-order valence-corrected chi connectivity index (χ3v) is 2.49. The summed E-state index contributed by atoms with van der Waals surface area (Å²) < 4.78 is 38.6. The highest BCUT2D eigenvalue weighted by molar-refractivity contribution is 5.68. The number of halogens is 3. The molecule has 1 N–H and O–H groups in total. The molecule has 2 aromatic rings. The third kappa shape index (κ3) is 2.93. The molecule has 100 valence electrons. The summed E-state index contributed by atoms with van der Waals surface area (Å²) in [5, 5.41) is 8.71. The fourth-order valence-electron chi connectivity index (χ4n) is 1.65. The number of nitrogens with zero attached hydrogens (tertiary/aromatic N) is 2. The molecule has 19 heavy (non-hydrogen) atoms. The van der Waals surface area contributed by atoms with Gasteiger partial charge in [0.05, 0.1) is 5.56 Å². The minimum absolute atomic E-state index is 0.295. The number of hydrogen-bond donors (Lipinski definition) is 1. The Morgan fingerprint density at radius 1 is 1.26 bits per heavy atom. The van der Waals surface area contributed by atoms with Crippen molar-refractivity contribution < 1.29 is 23.1 Å². The van der Waals surface area contributed by atoms with Gasteiger partial charge in [0, 0.05) is 18.0 Å². The molecule has 1 aromatic carbocycles. The molecule has 0 saturated heterocycles. The molecule has 0 aliphatic rings. The van der Waals surface area contributed by atoms with E-state index in [9.17, 15) is 18.0 Å². The third-order valence-electron chi connectivity index (χ3n) is 2.49. The molecule has 0 unspecified atom stereocenters. The number of alkyl halides is 3. The van der Waals surface area contributed by atoms with Crippen LogP contribution in [0.15, 0.2) is 36.7 Å². The summed E-state index contributed by atoms with van der Waals surface area (Å²) in [5.74, 6) is -0.734. The van der Waals surface area contributed by atoms with E-state index in [0.29, 0.717) is 11.4 Å². The average molecular weight is 270 g/mol. The van der Waals surface area contributed by atoms with Gasteiger partial charge in [-0.05, 0) is 12.1 Å². The van der Waals surface area contributed by atoms with Gasteiger partial charge in [-0.25, -0.2) is 4.98 Å². The molecule has 2 rings (SSSR count). The molecule has 0 aliphatic carbocycles. The highest BCUT2D eigenvalue weighted by Gasteiger charge is 2.30. The molecule has 0 radical (unpaired) electrons. The largest absolute Gasteiger partial charge is 0.480 e. The van der Waals surface area contributed by atoms with E-state index in [4.69, 9.17) is 5.11 Å². The molecule has 0 fully saturated rings. The van der Waals surface area contributed by atoms with Crippen molar-refractivity contribution in [3.8, 4) is 11.4 Å². The van der Waals surface area contributed by atoms with Gasteiger partial charge in [-0.2, -0.15) is 13.2 Å². The summed E-state index contributed by atoms with van der Waals surface area (Å²) in [6.45, 7) is -0.295. The zero-order valence-electron chi connectivity index (χ0n) is 9.55. The lowest BCUT2D eigenvalue weighted by atomic mass is 10.1. The molecule has 0 saturated carbocycles. The van der Waals surface area contributed by atoms with Crippen LogP contribution in [0.5, 0.6) is 0 Å². The van der Waals surface area contributed by atoms with Crippen LogP contribution in [0.2, 0.25) is 0 Å². The average Bonchev–Trinajstić information content (AvgIpc) is 2.75. The van der Waals surface area contributed by atoms with E-state index in [2.05, 4.69) is 4.98 Å². The Hall–Kier alpha value is -2.31. The fraction of sp³-hybridized carbons (Fsp3) is 0.167. The predicted octanol–water partition coefficient (Wildman–Crippen LogP) is 2.65. The normalized spacial score (nSPS) is 11.5. The lowest BCUT2D eigenvalue weighted by Crippen LogP contribution is -2.09. The SMILES string of the molecule is O=C(O)Cn1ccnc1-c1ccc(C(F)(F)F)cc1. The zero-order chi connectivity index (χ0) is 14.0. The number of rotatable bonds is 3. The van der Waals surface area contributed by atoms with E-state index >= 15 is 0 Å². The van der Waals surface area contributed by atoms with Crippen molar-refractivity contribution >= 4 is 5.97 Å². The molecular weight excluding hydrogens is 261 g/mol. The Labute approximate surface area is 106 Å². The first-order valence-electron chi connectivity index (χ1n) is 5.28. The van der Waals surface area contributed by atoms with Gasteiger partial charge in [0.1, 0.15) is 12.4 Å². The van der Waals surface area contributed by atoms with Crippen LogP contribution in [-0.4, -0.2) is 20.6 Å². The van der Waals surface area contributed by atoms with Crippen molar-refractivity contribution in [2.24, 2.45) is 0 Å². The molecule has 0 aliphatic heterocycles. The van der Waals surface area contributed by atoms with E-state index in [0.717, 1.165) is 12.1 Å². The van der Waals surface area contributed by atoms with Crippen molar-refractivity contribution in [2.45, 2.75) is 12.7 Å². The van der Waals surface area contributed by atoms with Crippen molar-refractivity contribution in [1.82, 2.24) is 9.55 Å². The highest BCUT2D eigenvalue weighted by Crippen LogP contribution is 2.30. The minimum atomic E-state index is -4.39. The van der Waals surface area contributed by atoms with E-state index in [-0.39, 0.29) is 6.54 Å². The van der Waals surface area contributed by atoms with E-state index in [1.807, 2.05) is 0 Å². The van der Waals surface area contributed by atoms with Gasteiger partial charge in [0.25, 0.3) is 0 Å². The maximum atomic E-state index is 12.4. The first-order valence-corrected chi connectivity index (χ1v) is 5.28. The second kappa shape index (κ2) is 4.75. The van der Waals surface area contributed by atoms with Gasteiger partial charge in [0.2, 0.25) is 0 Å². The van der Waals surface area contributed by atoms with E-state index in [1.54, 1.807) is 0 Å². The molecule has 0 bridgehead atoms. The summed E-state index contributed by atoms with van der Waals surface area (Å²) in [6.07, 6.45) is -1.54. The molecule has 0 atom stereocenters. The molecule has 7 heteroatoms. The lowest BCUT2D eigenvalue weighted by molar-refractivity contribution is -0.138. The Morgan fingerprint density at radius 3 is 2.42 bits per heavy atom. The maximum Gasteiger partial charge on any atom is 0.416 e. The first kappa shape index (κ1) is 13.1. The van der Waals surface area contributed by atoms with Crippen LogP contribution in [0.3, 0.4) is 0 Å². The number of benzene rings is 1. The van der Waals surface area contributed by atoms with Gasteiger partial charge in [-0.1, -0.05) is 12.1 Å². The molecule has 1 aromatic heterocycles. The van der Waals surface area contributed by atoms with Gasteiger partial charge in [0.15, 0.2) is 0 Å². The van der Waals surface area contributed by atoms with Crippen molar-refractivity contribution in [3.63, 3.8) is 0 Å². The maximum absolute atomic E-state index is 12.4. The topological polar surface area (TPSA) is 55.1 Å². The van der Waals surface area contributed by atoms with Crippen molar-refractivity contribution in [3.05, 3.63) is 42.2 Å². The van der Waals surface area contributed by atoms with Crippen LogP contribution in [0, 0.1) is 0 Å². The molecular formula is C12H9F3N2O2. The number of aliphatic carboxylic acids is 1. The Balaban J connectivity index is 2.33. The van der Waals surface area contributed by atoms with Crippen LogP contribution in [0.4, 0.5) is 13.2 Å². The van der Waals surface area contributed by atoms with Crippen LogP contribution in [0.1, 0.15) is 5.56 Å². The van der Waals surface area contributed by atoms with Gasteiger partial charge < -0.3 is 9.67 Å².